The largest absolute Gasteiger partial charge is 0.494 e. The van der Waals surface area contributed by atoms with Crippen LogP contribution in [0.4, 0.5) is 17.6 Å². The zero-order valence-electron chi connectivity index (χ0n) is 16.8. The van der Waals surface area contributed by atoms with Crippen LogP contribution in [0.15, 0.2) is 48.5 Å². The van der Waals surface area contributed by atoms with Crippen molar-refractivity contribution in [3.63, 3.8) is 0 Å². The van der Waals surface area contributed by atoms with Gasteiger partial charge in [0.25, 0.3) is 0 Å². The van der Waals surface area contributed by atoms with E-state index in [9.17, 15) is 22.4 Å². The minimum Gasteiger partial charge on any atom is -0.494 e. The highest BCUT2D eigenvalue weighted by atomic mass is 19.4. The molecule has 2 aromatic carbocycles. The Kier molecular flexibility index (Phi) is 6.36. The first-order valence-corrected chi connectivity index (χ1v) is 9.64. The average Bonchev–Trinajstić information content (AvgIpc) is 3.14. The highest BCUT2D eigenvalue weighted by molar-refractivity contribution is 5.84. The van der Waals surface area contributed by atoms with Crippen molar-refractivity contribution in [1.82, 2.24) is 10.2 Å². The molecule has 0 spiro atoms. The van der Waals surface area contributed by atoms with Gasteiger partial charge in [0, 0.05) is 13.1 Å². The number of likely N-dealkylation sites (tertiary alicyclic amines) is 1. The minimum absolute atomic E-state index is 0.0244. The van der Waals surface area contributed by atoms with Crippen LogP contribution < -0.4 is 10.1 Å². The van der Waals surface area contributed by atoms with Gasteiger partial charge in [-0.25, -0.2) is 4.39 Å². The van der Waals surface area contributed by atoms with E-state index in [-0.39, 0.29) is 18.7 Å². The summed E-state index contributed by atoms with van der Waals surface area (Å²) in [6.45, 7) is 1.61. The van der Waals surface area contributed by atoms with Crippen LogP contribution in [0.1, 0.15) is 30.5 Å². The molecular weight excluding hydrogens is 400 g/mol. The maximum absolute atomic E-state index is 14.0. The molecule has 4 nitrogen and oxygen atoms in total. The quantitative estimate of drug-likeness (QED) is 0.696. The fourth-order valence-electron chi connectivity index (χ4n) is 3.78. The van der Waals surface area contributed by atoms with E-state index < -0.39 is 35.9 Å². The summed E-state index contributed by atoms with van der Waals surface area (Å²) in [5.74, 6) is -1.71. The van der Waals surface area contributed by atoms with E-state index in [1.807, 2.05) is 30.3 Å². The molecule has 8 heteroatoms. The van der Waals surface area contributed by atoms with Gasteiger partial charge >= 0.3 is 6.18 Å². The van der Waals surface area contributed by atoms with Crippen molar-refractivity contribution in [3.8, 4) is 5.75 Å². The Balaban J connectivity index is 1.75. The normalized spacial score (nSPS) is 20.7. The molecule has 3 rings (SSSR count). The van der Waals surface area contributed by atoms with Crippen molar-refractivity contribution in [1.29, 1.82) is 0 Å². The molecule has 2 aromatic rings. The topological polar surface area (TPSA) is 41.6 Å². The van der Waals surface area contributed by atoms with Crippen molar-refractivity contribution >= 4 is 5.91 Å². The van der Waals surface area contributed by atoms with Gasteiger partial charge in [-0.2, -0.15) is 13.2 Å². The lowest BCUT2D eigenvalue weighted by atomic mass is 9.84. The molecule has 0 aliphatic carbocycles. The predicted molar refractivity (Wildman–Crippen MR) is 104 cm³/mol. The number of nitrogens with zero attached hydrogens (tertiary/aromatic N) is 1. The number of amides is 1. The Morgan fingerprint density at radius 1 is 1.23 bits per heavy atom. The average molecular weight is 424 g/mol. The molecule has 1 amide bonds. The van der Waals surface area contributed by atoms with Crippen LogP contribution in [0.25, 0.3) is 0 Å². The van der Waals surface area contributed by atoms with Crippen LogP contribution in [0.2, 0.25) is 0 Å². The number of carbonyl (C=O) groups excluding carboxylic acids is 1. The Labute approximate surface area is 172 Å². The summed E-state index contributed by atoms with van der Waals surface area (Å²) in [7, 11) is 1.32. The fourth-order valence-corrected chi connectivity index (χ4v) is 3.78. The number of halogens is 4. The smallest absolute Gasteiger partial charge is 0.404 e. The molecule has 1 saturated heterocycles. The molecule has 1 fully saturated rings. The van der Waals surface area contributed by atoms with E-state index in [0.29, 0.717) is 12.1 Å². The SMILES string of the molecule is COc1ccc([C@H](C)NC(=O)[C@@]2(C(F)(F)F)CCN(Cc3ccccc3)C2)cc1F. The third kappa shape index (κ3) is 4.43. The van der Waals surface area contributed by atoms with Gasteiger partial charge in [0.05, 0.1) is 13.2 Å². The van der Waals surface area contributed by atoms with Crippen molar-refractivity contribution in [2.45, 2.75) is 32.1 Å². The maximum atomic E-state index is 14.0. The van der Waals surface area contributed by atoms with E-state index in [0.717, 1.165) is 11.6 Å². The number of alkyl halides is 3. The van der Waals surface area contributed by atoms with Crippen molar-refractivity contribution < 1.29 is 27.1 Å². The number of hydrogen-bond donors (Lipinski definition) is 1. The monoisotopic (exact) mass is 424 g/mol. The summed E-state index contributed by atoms with van der Waals surface area (Å²) >= 11 is 0. The number of benzene rings is 2. The van der Waals surface area contributed by atoms with Gasteiger partial charge in [-0.15, -0.1) is 0 Å². The molecule has 0 bridgehead atoms. The Hall–Kier alpha value is -2.61. The fraction of sp³-hybridized carbons (Fsp3) is 0.409. The number of nitrogens with one attached hydrogen (secondary N) is 1. The first-order chi connectivity index (χ1) is 14.2. The molecule has 1 N–H and O–H groups in total. The van der Waals surface area contributed by atoms with Crippen LogP contribution in [-0.4, -0.2) is 37.2 Å². The standard InChI is InChI=1S/C22H24F4N2O2/c1-15(17-8-9-19(30-2)18(23)12-17)27-20(29)21(22(24,25)26)10-11-28(14-21)13-16-6-4-3-5-7-16/h3-9,12,15H,10-11,13-14H2,1-2H3,(H,27,29)/t15-,21+/m0/s1. The van der Waals surface area contributed by atoms with E-state index in [1.165, 1.54) is 26.2 Å². The molecule has 0 unspecified atom stereocenters. The summed E-state index contributed by atoms with van der Waals surface area (Å²) < 4.78 is 60.9. The number of hydrogen-bond acceptors (Lipinski definition) is 3. The summed E-state index contributed by atoms with van der Waals surface area (Å²) in [5.41, 5.74) is -1.25. The Morgan fingerprint density at radius 2 is 1.93 bits per heavy atom. The van der Waals surface area contributed by atoms with Crippen LogP contribution >= 0.6 is 0 Å². The maximum Gasteiger partial charge on any atom is 0.404 e. The summed E-state index contributed by atoms with van der Waals surface area (Å²) in [4.78, 5) is 14.5. The molecular formula is C22H24F4N2O2. The third-order valence-corrected chi connectivity index (χ3v) is 5.60. The molecule has 1 aliphatic rings. The van der Waals surface area contributed by atoms with Gasteiger partial charge < -0.3 is 10.1 Å². The summed E-state index contributed by atoms with van der Waals surface area (Å²) in [5, 5.41) is 2.44. The summed E-state index contributed by atoms with van der Waals surface area (Å²) in [6, 6.07) is 12.4. The van der Waals surface area contributed by atoms with Gasteiger partial charge in [0.1, 0.15) is 0 Å². The molecule has 0 aromatic heterocycles. The Morgan fingerprint density at radius 3 is 2.53 bits per heavy atom. The molecule has 30 heavy (non-hydrogen) atoms. The van der Waals surface area contributed by atoms with Crippen LogP contribution in [0.5, 0.6) is 5.75 Å². The van der Waals surface area contributed by atoms with Crippen molar-refractivity contribution in [2.75, 3.05) is 20.2 Å². The molecule has 0 radical (unpaired) electrons. The minimum atomic E-state index is -4.70. The number of methoxy groups -OCH3 is 1. The second-order valence-electron chi connectivity index (χ2n) is 7.62. The Bertz CT molecular complexity index is 888. The van der Waals surface area contributed by atoms with Gasteiger partial charge in [0.15, 0.2) is 17.0 Å². The van der Waals surface area contributed by atoms with E-state index >= 15 is 0 Å². The van der Waals surface area contributed by atoms with Crippen LogP contribution in [0, 0.1) is 11.2 Å². The lowest BCUT2D eigenvalue weighted by Crippen LogP contribution is -2.52. The van der Waals surface area contributed by atoms with Crippen LogP contribution in [-0.2, 0) is 11.3 Å². The molecule has 1 aliphatic heterocycles. The van der Waals surface area contributed by atoms with Gasteiger partial charge in [-0.05, 0) is 43.1 Å². The van der Waals surface area contributed by atoms with Gasteiger partial charge in [0.2, 0.25) is 5.91 Å². The molecule has 0 saturated carbocycles. The lowest BCUT2D eigenvalue weighted by molar-refractivity contribution is -0.218. The second kappa shape index (κ2) is 8.63. The van der Waals surface area contributed by atoms with E-state index in [1.54, 1.807) is 4.90 Å². The second-order valence-corrected chi connectivity index (χ2v) is 7.62. The predicted octanol–water partition coefficient (Wildman–Crippen LogP) is 4.47. The zero-order chi connectivity index (χ0) is 21.9. The molecule has 2 atom stereocenters. The first kappa shape index (κ1) is 22.1. The molecule has 1 heterocycles. The summed E-state index contributed by atoms with van der Waals surface area (Å²) in [6.07, 6.45) is -5.02. The first-order valence-electron chi connectivity index (χ1n) is 9.64. The molecule has 162 valence electrons. The number of ether oxygens (including phenoxy) is 1. The van der Waals surface area contributed by atoms with E-state index in [2.05, 4.69) is 5.32 Å². The van der Waals surface area contributed by atoms with Gasteiger partial charge in [-0.1, -0.05) is 36.4 Å². The van der Waals surface area contributed by atoms with Crippen LogP contribution in [0.3, 0.4) is 0 Å². The van der Waals surface area contributed by atoms with Crippen molar-refractivity contribution in [3.05, 3.63) is 65.5 Å². The highest BCUT2D eigenvalue weighted by Gasteiger charge is 2.63. The van der Waals surface area contributed by atoms with Gasteiger partial charge in [-0.3, -0.25) is 9.69 Å². The van der Waals surface area contributed by atoms with E-state index in [4.69, 9.17) is 4.74 Å². The number of carbonyl (C=O) groups is 1. The zero-order valence-corrected chi connectivity index (χ0v) is 16.8. The lowest BCUT2D eigenvalue weighted by Gasteiger charge is -2.32. The van der Waals surface area contributed by atoms with Crippen molar-refractivity contribution in [2.24, 2.45) is 5.41 Å². The number of rotatable bonds is 6. The highest BCUT2D eigenvalue weighted by Crippen LogP contribution is 2.46. The third-order valence-electron chi connectivity index (χ3n) is 5.60.